The highest BCUT2D eigenvalue weighted by molar-refractivity contribution is 5.66. The Bertz CT molecular complexity index is 187. The van der Waals surface area contributed by atoms with Gasteiger partial charge in [0.05, 0.1) is 13.0 Å². The minimum atomic E-state index is -0.749. The van der Waals surface area contributed by atoms with Gasteiger partial charge in [0, 0.05) is 25.2 Å². The second-order valence-corrected chi connectivity index (χ2v) is 4.50. The van der Waals surface area contributed by atoms with E-state index >= 15 is 0 Å². The summed E-state index contributed by atoms with van der Waals surface area (Å²) in [6.07, 6.45) is 0.184. The van der Waals surface area contributed by atoms with Gasteiger partial charge in [-0.25, -0.2) is 0 Å². The van der Waals surface area contributed by atoms with E-state index < -0.39 is 5.97 Å². The van der Waals surface area contributed by atoms with E-state index in [1.807, 2.05) is 6.92 Å². The van der Waals surface area contributed by atoms with Crippen molar-refractivity contribution in [2.24, 2.45) is 0 Å². The van der Waals surface area contributed by atoms with Crippen LogP contribution in [0.25, 0.3) is 0 Å². The summed E-state index contributed by atoms with van der Waals surface area (Å²) in [6, 6.07) is 0. The first kappa shape index (κ1) is 14.4. The highest BCUT2D eigenvalue weighted by atomic mass is 16.5. The molecule has 0 rings (SSSR count). The van der Waals surface area contributed by atoms with Gasteiger partial charge in [0.25, 0.3) is 0 Å². The van der Waals surface area contributed by atoms with Crippen LogP contribution in [0.2, 0.25) is 0 Å². The van der Waals surface area contributed by atoms with Gasteiger partial charge in [-0.15, -0.1) is 0 Å². The summed E-state index contributed by atoms with van der Waals surface area (Å²) < 4.78 is 5.28. The number of carbonyl (C=O) groups is 1. The van der Waals surface area contributed by atoms with Gasteiger partial charge in [-0.1, -0.05) is 0 Å². The van der Waals surface area contributed by atoms with E-state index in [2.05, 4.69) is 25.7 Å². The Morgan fingerprint density at radius 3 is 2.33 bits per heavy atom. The second-order valence-electron chi connectivity index (χ2n) is 4.50. The molecule has 0 radical (unpaired) electrons. The van der Waals surface area contributed by atoms with Gasteiger partial charge >= 0.3 is 5.97 Å². The Balaban J connectivity index is 4.02. The Morgan fingerprint density at radius 2 is 1.93 bits per heavy atom. The van der Waals surface area contributed by atoms with Crippen LogP contribution in [0.3, 0.4) is 0 Å². The van der Waals surface area contributed by atoms with Crippen LogP contribution in [-0.2, 0) is 9.53 Å². The maximum atomic E-state index is 10.5. The van der Waals surface area contributed by atoms with Crippen molar-refractivity contribution in [2.45, 2.75) is 39.7 Å². The van der Waals surface area contributed by atoms with Crippen LogP contribution in [-0.4, -0.2) is 47.8 Å². The predicted molar refractivity (Wildman–Crippen MR) is 60.1 cm³/mol. The van der Waals surface area contributed by atoms with Gasteiger partial charge in [-0.3, -0.25) is 9.69 Å². The lowest BCUT2D eigenvalue weighted by Crippen LogP contribution is -2.44. The predicted octanol–water partition coefficient (Wildman–Crippen LogP) is 1.60. The average molecular weight is 217 g/mol. The third kappa shape index (κ3) is 7.33. The van der Waals surface area contributed by atoms with Crippen LogP contribution in [0.4, 0.5) is 0 Å². The van der Waals surface area contributed by atoms with Crippen LogP contribution < -0.4 is 0 Å². The summed E-state index contributed by atoms with van der Waals surface area (Å²) in [5.74, 6) is -0.749. The lowest BCUT2D eigenvalue weighted by atomic mass is 10.1. The third-order valence-corrected chi connectivity index (χ3v) is 2.25. The van der Waals surface area contributed by atoms with Gasteiger partial charge < -0.3 is 9.84 Å². The van der Waals surface area contributed by atoms with Crippen molar-refractivity contribution in [3.63, 3.8) is 0 Å². The molecule has 1 N–H and O–H groups in total. The van der Waals surface area contributed by atoms with E-state index in [1.165, 1.54) is 0 Å². The van der Waals surface area contributed by atoms with Gasteiger partial charge in [0.2, 0.25) is 0 Å². The van der Waals surface area contributed by atoms with Crippen molar-refractivity contribution in [3.05, 3.63) is 0 Å². The molecule has 4 nitrogen and oxygen atoms in total. The molecule has 0 atom stereocenters. The van der Waals surface area contributed by atoms with Crippen molar-refractivity contribution in [1.29, 1.82) is 0 Å². The molecule has 0 spiro atoms. The molecular formula is C11H23NO3. The number of carboxylic acid groups (broad SMARTS) is 1. The lowest BCUT2D eigenvalue weighted by molar-refractivity contribution is -0.137. The number of rotatable bonds is 7. The zero-order valence-electron chi connectivity index (χ0n) is 10.2. The minimum absolute atomic E-state index is 0.00739. The molecular weight excluding hydrogens is 194 g/mol. The van der Waals surface area contributed by atoms with Crippen LogP contribution in [0, 0.1) is 0 Å². The van der Waals surface area contributed by atoms with E-state index in [0.717, 1.165) is 6.54 Å². The lowest BCUT2D eigenvalue weighted by Gasteiger charge is -2.35. The standard InChI is InChI=1S/C11H23NO3/c1-5-15-9-8-12(11(2,3)4)7-6-10(13)14/h5-9H2,1-4H3,(H,13,14). The van der Waals surface area contributed by atoms with E-state index in [9.17, 15) is 4.79 Å². The van der Waals surface area contributed by atoms with Crippen LogP contribution in [0.15, 0.2) is 0 Å². The Labute approximate surface area is 92.2 Å². The highest BCUT2D eigenvalue weighted by Gasteiger charge is 2.21. The summed E-state index contributed by atoms with van der Waals surface area (Å²) >= 11 is 0. The fourth-order valence-corrected chi connectivity index (χ4v) is 1.33. The molecule has 0 aromatic heterocycles. The smallest absolute Gasteiger partial charge is 0.304 e. The molecule has 0 aliphatic carbocycles. The zero-order valence-corrected chi connectivity index (χ0v) is 10.2. The van der Waals surface area contributed by atoms with E-state index in [0.29, 0.717) is 19.8 Å². The molecule has 0 saturated carbocycles. The first-order chi connectivity index (χ1) is 6.88. The third-order valence-electron chi connectivity index (χ3n) is 2.25. The van der Waals surface area contributed by atoms with Crippen LogP contribution in [0.1, 0.15) is 34.1 Å². The van der Waals surface area contributed by atoms with Crippen molar-refractivity contribution in [2.75, 3.05) is 26.3 Å². The average Bonchev–Trinajstić information content (AvgIpc) is 2.08. The number of hydrogen-bond donors (Lipinski definition) is 1. The van der Waals surface area contributed by atoms with E-state index in [1.54, 1.807) is 0 Å². The minimum Gasteiger partial charge on any atom is -0.481 e. The summed E-state index contributed by atoms with van der Waals surface area (Å²) in [7, 11) is 0. The van der Waals surface area contributed by atoms with Crippen molar-refractivity contribution in [1.82, 2.24) is 4.90 Å². The molecule has 0 saturated heterocycles. The molecule has 0 aliphatic heterocycles. The Hall–Kier alpha value is -0.610. The van der Waals surface area contributed by atoms with Gasteiger partial charge in [0.1, 0.15) is 0 Å². The summed E-state index contributed by atoms with van der Waals surface area (Å²) in [5.41, 5.74) is -0.00739. The summed E-state index contributed by atoms with van der Waals surface area (Å²) in [5, 5.41) is 8.64. The van der Waals surface area contributed by atoms with Crippen molar-refractivity contribution < 1.29 is 14.6 Å². The normalized spacial score (nSPS) is 12.1. The topological polar surface area (TPSA) is 49.8 Å². The largest absolute Gasteiger partial charge is 0.481 e. The summed E-state index contributed by atoms with van der Waals surface area (Å²) in [4.78, 5) is 12.6. The van der Waals surface area contributed by atoms with Crippen LogP contribution >= 0.6 is 0 Å². The van der Waals surface area contributed by atoms with Crippen LogP contribution in [0.5, 0.6) is 0 Å². The van der Waals surface area contributed by atoms with Crippen molar-refractivity contribution >= 4 is 5.97 Å². The molecule has 0 aliphatic rings. The number of nitrogens with zero attached hydrogens (tertiary/aromatic N) is 1. The van der Waals surface area contributed by atoms with E-state index in [4.69, 9.17) is 9.84 Å². The molecule has 15 heavy (non-hydrogen) atoms. The second kappa shape index (κ2) is 6.80. The first-order valence-electron chi connectivity index (χ1n) is 5.42. The summed E-state index contributed by atoms with van der Waals surface area (Å²) in [6.45, 7) is 10.9. The molecule has 0 aromatic rings. The number of carboxylic acids is 1. The SMILES string of the molecule is CCOCCN(CCC(=O)O)C(C)(C)C. The van der Waals surface area contributed by atoms with Gasteiger partial charge in [-0.05, 0) is 27.7 Å². The number of ether oxygens (including phenoxy) is 1. The van der Waals surface area contributed by atoms with Crippen molar-refractivity contribution in [3.8, 4) is 0 Å². The monoisotopic (exact) mass is 217 g/mol. The maximum Gasteiger partial charge on any atom is 0.304 e. The number of aliphatic carboxylic acids is 1. The molecule has 0 unspecified atom stereocenters. The molecule has 0 amide bonds. The molecule has 0 heterocycles. The van der Waals surface area contributed by atoms with Gasteiger partial charge in [0.15, 0.2) is 0 Å². The number of hydrogen-bond acceptors (Lipinski definition) is 3. The van der Waals surface area contributed by atoms with E-state index in [-0.39, 0.29) is 12.0 Å². The molecule has 0 aromatic carbocycles. The molecule has 0 fully saturated rings. The first-order valence-corrected chi connectivity index (χ1v) is 5.42. The quantitative estimate of drug-likeness (QED) is 0.658. The fourth-order valence-electron chi connectivity index (χ4n) is 1.33. The zero-order chi connectivity index (χ0) is 11.9. The Kier molecular flexibility index (Phi) is 6.52. The van der Waals surface area contributed by atoms with Gasteiger partial charge in [-0.2, -0.15) is 0 Å². The fraction of sp³-hybridized carbons (Fsp3) is 0.909. The maximum absolute atomic E-state index is 10.5. The highest BCUT2D eigenvalue weighted by Crippen LogP contribution is 2.13. The molecule has 0 bridgehead atoms. The molecule has 4 heteroatoms. The molecule has 90 valence electrons. The Morgan fingerprint density at radius 1 is 1.33 bits per heavy atom.